The van der Waals surface area contributed by atoms with Crippen LogP contribution < -0.4 is 18.9 Å². The van der Waals surface area contributed by atoms with Crippen LogP contribution in [0.25, 0.3) is 6.08 Å². The number of aryl methyl sites for hydroxylation is 1. The zero-order valence-electron chi connectivity index (χ0n) is 28.5. The molecule has 11 nitrogen and oxygen atoms in total. The number of fused-ring (bicyclic) bond motifs is 9. The molecule has 0 saturated carbocycles. The molecule has 3 unspecified atom stereocenters. The highest BCUT2D eigenvalue weighted by Gasteiger charge is 2.56. The Kier molecular flexibility index (Phi) is 8.67. The number of benzene rings is 3. The number of hydrogen-bond donors (Lipinski definition) is 2. The lowest BCUT2D eigenvalue weighted by molar-refractivity contribution is -0.182. The van der Waals surface area contributed by atoms with E-state index in [1.165, 1.54) is 32.2 Å². The van der Waals surface area contributed by atoms with Gasteiger partial charge in [0.15, 0.2) is 23.0 Å². The van der Waals surface area contributed by atoms with Gasteiger partial charge in [-0.3, -0.25) is 14.6 Å². The van der Waals surface area contributed by atoms with E-state index in [1.54, 1.807) is 6.92 Å². The van der Waals surface area contributed by atoms with Gasteiger partial charge in [0.25, 0.3) is 0 Å². The third-order valence-corrected chi connectivity index (χ3v) is 10.4. The number of carbonyl (C=O) groups excluding carboxylic acids is 2. The Balaban J connectivity index is 1.33. The molecule has 0 amide bonds. The van der Waals surface area contributed by atoms with E-state index in [0.29, 0.717) is 45.9 Å². The Morgan fingerprint density at radius 1 is 1.06 bits per heavy atom. The van der Waals surface area contributed by atoms with Gasteiger partial charge in [-0.15, -0.1) is 0 Å². The Hall–Kier alpha value is -4.79. The van der Waals surface area contributed by atoms with Crippen molar-refractivity contribution in [1.29, 1.82) is 0 Å². The van der Waals surface area contributed by atoms with E-state index < -0.39 is 54.1 Å². The highest BCUT2D eigenvalue weighted by Crippen LogP contribution is 2.58. The van der Waals surface area contributed by atoms with Gasteiger partial charge in [0.1, 0.15) is 18.6 Å². The van der Waals surface area contributed by atoms with Crippen LogP contribution in [0.3, 0.4) is 0 Å². The summed E-state index contributed by atoms with van der Waals surface area (Å²) in [5, 5.41) is 23.8. The predicted octanol–water partition coefficient (Wildman–Crippen LogP) is 5.14. The standard InChI is InChI=1S/C37H37F3N2O9/c1-17-11-21-13-25-36(46)42-24(30(41(25)4)28(21)31(45)32(17)47-5)14-23-29(35-34(49-16-50-35)18(2)33(23)51-19(3)43)26(42)15-48-27(44)10-9-20-7-6-8-22(12-20)37(38,39)40/h6-12,24-26,30,36,45-46H,13-16H2,1-5H3/b10-9+/t24?,25?,26-,30?,36-/m0/s1. The normalized spacial score (nSPS) is 23.7. The van der Waals surface area contributed by atoms with Gasteiger partial charge in [0.2, 0.25) is 6.79 Å². The topological polar surface area (TPSA) is 127 Å². The molecule has 3 aromatic carbocycles. The summed E-state index contributed by atoms with van der Waals surface area (Å²) in [7, 11) is 3.37. The first-order valence-electron chi connectivity index (χ1n) is 16.4. The second-order valence-corrected chi connectivity index (χ2v) is 13.3. The van der Waals surface area contributed by atoms with Crippen molar-refractivity contribution < 1.29 is 56.7 Å². The van der Waals surface area contributed by atoms with E-state index in [9.17, 15) is 33.0 Å². The second kappa shape index (κ2) is 12.8. The largest absolute Gasteiger partial charge is 0.504 e. The number of piperazine rings is 1. The van der Waals surface area contributed by atoms with E-state index in [2.05, 4.69) is 0 Å². The molecular formula is C37H37F3N2O9. The van der Waals surface area contributed by atoms with E-state index in [0.717, 1.165) is 29.3 Å². The molecule has 51 heavy (non-hydrogen) atoms. The SMILES string of the molecule is COc1c(C)cc2c(c1O)C1C3Cc4c(OC(C)=O)c(C)c5c(c4[C@H](COC(=O)/C=C/c4cccc(C(F)(F)F)c4)N3[C@@H](O)C(C2)N1C)OCO5. The Bertz CT molecular complexity index is 1960. The van der Waals surface area contributed by atoms with Crippen molar-refractivity contribution in [2.75, 3.05) is 27.6 Å². The third-order valence-electron chi connectivity index (χ3n) is 10.4. The lowest BCUT2D eigenvalue weighted by Gasteiger charge is -2.60. The third kappa shape index (κ3) is 5.75. The van der Waals surface area contributed by atoms with Gasteiger partial charge in [0.05, 0.1) is 30.8 Å². The number of aromatic hydroxyl groups is 1. The summed E-state index contributed by atoms with van der Waals surface area (Å²) in [6.45, 7) is 4.45. The van der Waals surface area contributed by atoms with Crippen LogP contribution in [0, 0.1) is 13.8 Å². The fourth-order valence-electron chi connectivity index (χ4n) is 8.27. The summed E-state index contributed by atoms with van der Waals surface area (Å²) >= 11 is 0. The molecule has 4 heterocycles. The molecule has 4 aliphatic rings. The van der Waals surface area contributed by atoms with Gasteiger partial charge in [-0.2, -0.15) is 13.2 Å². The van der Waals surface area contributed by atoms with E-state index in [1.807, 2.05) is 29.8 Å². The fourth-order valence-corrected chi connectivity index (χ4v) is 8.27. The second-order valence-electron chi connectivity index (χ2n) is 13.3. The smallest absolute Gasteiger partial charge is 0.416 e. The number of carbonyl (C=O) groups is 2. The molecule has 5 atom stereocenters. The van der Waals surface area contributed by atoms with Crippen LogP contribution >= 0.6 is 0 Å². The monoisotopic (exact) mass is 710 g/mol. The summed E-state index contributed by atoms with van der Waals surface area (Å²) in [5.74, 6) is -0.0639. The number of nitrogens with zero attached hydrogens (tertiary/aromatic N) is 2. The van der Waals surface area contributed by atoms with Crippen molar-refractivity contribution in [2.45, 2.75) is 70.2 Å². The number of rotatable bonds is 6. The van der Waals surface area contributed by atoms with Gasteiger partial charge in [0, 0.05) is 41.3 Å². The number of phenolic OH excluding ortho intramolecular Hbond substituents is 1. The van der Waals surface area contributed by atoms with E-state index >= 15 is 0 Å². The average molecular weight is 711 g/mol. The Morgan fingerprint density at radius 2 is 1.80 bits per heavy atom. The molecule has 0 aliphatic carbocycles. The van der Waals surface area contributed by atoms with Gasteiger partial charge in [-0.25, -0.2) is 4.79 Å². The molecule has 0 aromatic heterocycles. The number of likely N-dealkylation sites (N-methyl/N-ethyl adjacent to an activating group) is 1. The molecule has 2 bridgehead atoms. The van der Waals surface area contributed by atoms with Crippen molar-refractivity contribution in [2.24, 2.45) is 0 Å². The molecule has 1 fully saturated rings. The summed E-state index contributed by atoms with van der Waals surface area (Å²) in [6, 6.07) is 4.17. The molecule has 3 aromatic rings. The lowest BCUT2D eigenvalue weighted by Crippen LogP contribution is -2.68. The van der Waals surface area contributed by atoms with Crippen molar-refractivity contribution in [1.82, 2.24) is 9.80 Å². The maximum absolute atomic E-state index is 13.3. The highest BCUT2D eigenvalue weighted by atomic mass is 19.4. The van der Waals surface area contributed by atoms with Crippen LogP contribution in [0.5, 0.6) is 28.7 Å². The molecule has 1 saturated heterocycles. The Morgan fingerprint density at radius 3 is 2.51 bits per heavy atom. The van der Waals surface area contributed by atoms with Gasteiger partial charge < -0.3 is 33.9 Å². The molecule has 14 heteroatoms. The first-order chi connectivity index (χ1) is 24.2. The minimum absolute atomic E-state index is 0.00489. The zero-order chi connectivity index (χ0) is 36.5. The molecule has 2 N–H and O–H groups in total. The van der Waals surface area contributed by atoms with Crippen molar-refractivity contribution in [3.63, 3.8) is 0 Å². The number of aliphatic hydroxyl groups excluding tert-OH is 1. The van der Waals surface area contributed by atoms with Crippen molar-refractivity contribution in [3.05, 3.63) is 80.9 Å². The maximum atomic E-state index is 13.3. The summed E-state index contributed by atoms with van der Waals surface area (Å²) < 4.78 is 68.7. The van der Waals surface area contributed by atoms with Crippen LogP contribution in [-0.2, 0) is 33.3 Å². The van der Waals surface area contributed by atoms with Crippen molar-refractivity contribution in [3.8, 4) is 28.7 Å². The number of aliphatic hydroxyl groups is 1. The molecule has 7 rings (SSSR count). The zero-order valence-corrected chi connectivity index (χ0v) is 28.5. The van der Waals surface area contributed by atoms with Crippen LogP contribution in [-0.4, -0.2) is 77.8 Å². The summed E-state index contributed by atoms with van der Waals surface area (Å²) in [6.07, 6.45) is -2.73. The molecule has 0 spiro atoms. The van der Waals surface area contributed by atoms with Crippen LogP contribution in [0.1, 0.15) is 63.5 Å². The number of halogens is 3. The minimum Gasteiger partial charge on any atom is -0.504 e. The molecule has 0 radical (unpaired) electrons. The van der Waals surface area contributed by atoms with Crippen LogP contribution in [0.2, 0.25) is 0 Å². The van der Waals surface area contributed by atoms with Gasteiger partial charge in [-0.05, 0) is 68.6 Å². The summed E-state index contributed by atoms with van der Waals surface area (Å²) in [5.41, 5.74) is 3.22. The van der Waals surface area contributed by atoms with E-state index in [-0.39, 0.29) is 36.9 Å². The van der Waals surface area contributed by atoms with Crippen LogP contribution in [0.4, 0.5) is 13.2 Å². The quantitative estimate of drug-likeness (QED) is 0.201. The van der Waals surface area contributed by atoms with Crippen LogP contribution in [0.15, 0.2) is 36.4 Å². The number of phenols is 1. The maximum Gasteiger partial charge on any atom is 0.416 e. The van der Waals surface area contributed by atoms with E-state index in [4.69, 9.17) is 23.7 Å². The number of hydrogen-bond acceptors (Lipinski definition) is 11. The predicted molar refractivity (Wildman–Crippen MR) is 176 cm³/mol. The molecular weight excluding hydrogens is 673 g/mol. The molecule has 4 aliphatic heterocycles. The number of alkyl halides is 3. The number of esters is 2. The Labute approximate surface area is 291 Å². The van der Waals surface area contributed by atoms with Crippen molar-refractivity contribution >= 4 is 18.0 Å². The van der Waals surface area contributed by atoms with Gasteiger partial charge >= 0.3 is 18.1 Å². The number of methoxy groups -OCH3 is 1. The first-order valence-corrected chi connectivity index (χ1v) is 16.4. The highest BCUT2D eigenvalue weighted by molar-refractivity contribution is 5.87. The minimum atomic E-state index is -4.55. The summed E-state index contributed by atoms with van der Waals surface area (Å²) in [4.78, 5) is 29.5. The fraction of sp³-hybridized carbons (Fsp3) is 0.405. The molecule has 270 valence electrons. The van der Waals surface area contributed by atoms with Gasteiger partial charge in [-0.1, -0.05) is 18.2 Å². The number of ether oxygens (including phenoxy) is 5. The lowest BCUT2D eigenvalue weighted by atomic mass is 9.73. The first kappa shape index (κ1) is 34.6. The average Bonchev–Trinajstić information content (AvgIpc) is 3.57.